The van der Waals surface area contributed by atoms with E-state index in [4.69, 9.17) is 5.84 Å². The van der Waals surface area contributed by atoms with Crippen molar-refractivity contribution in [2.24, 2.45) is 23.6 Å². The molecule has 2 saturated carbocycles. The number of hydrogen-bond acceptors (Lipinski definition) is 2. The molecule has 2 aliphatic rings. The third-order valence-electron chi connectivity index (χ3n) is 5.53. The average Bonchev–Trinajstić information content (AvgIpc) is 2.50. The standard InChI is InChI=1S/C17H24F2N2/c18-14-7-8-15(16(19)10-14)17(21-20)13-6-5-11-3-1-2-4-12(11)9-13/h7-8,10-13,17,21H,1-6,9,20H2. The number of fused-ring (bicyclic) bond motifs is 1. The van der Waals surface area contributed by atoms with Gasteiger partial charge in [0, 0.05) is 11.6 Å². The van der Waals surface area contributed by atoms with E-state index >= 15 is 0 Å². The maximum atomic E-state index is 14.0. The van der Waals surface area contributed by atoms with Crippen LogP contribution in [0.4, 0.5) is 8.78 Å². The molecule has 2 fully saturated rings. The minimum absolute atomic E-state index is 0.214. The zero-order valence-corrected chi connectivity index (χ0v) is 12.3. The van der Waals surface area contributed by atoms with Crippen LogP contribution in [-0.4, -0.2) is 0 Å². The molecule has 0 amide bonds. The Morgan fingerprint density at radius 1 is 1.05 bits per heavy atom. The van der Waals surface area contributed by atoms with E-state index in [1.807, 2.05) is 0 Å². The van der Waals surface area contributed by atoms with Gasteiger partial charge >= 0.3 is 0 Å². The van der Waals surface area contributed by atoms with Crippen molar-refractivity contribution in [3.05, 3.63) is 35.4 Å². The van der Waals surface area contributed by atoms with Crippen molar-refractivity contribution in [3.8, 4) is 0 Å². The van der Waals surface area contributed by atoms with E-state index < -0.39 is 11.6 Å². The molecule has 3 N–H and O–H groups in total. The van der Waals surface area contributed by atoms with Gasteiger partial charge in [-0.05, 0) is 43.1 Å². The summed E-state index contributed by atoms with van der Waals surface area (Å²) in [6.45, 7) is 0. The Labute approximate surface area is 125 Å². The highest BCUT2D eigenvalue weighted by Crippen LogP contribution is 2.46. The third kappa shape index (κ3) is 3.11. The van der Waals surface area contributed by atoms with Crippen LogP contribution in [0.15, 0.2) is 18.2 Å². The fourth-order valence-corrected chi connectivity index (χ4v) is 4.45. The van der Waals surface area contributed by atoms with Crippen molar-refractivity contribution in [2.45, 2.75) is 51.0 Å². The molecule has 116 valence electrons. The predicted molar refractivity (Wildman–Crippen MR) is 79.2 cm³/mol. The number of benzene rings is 1. The third-order valence-corrected chi connectivity index (χ3v) is 5.53. The van der Waals surface area contributed by atoms with Crippen LogP contribution in [0, 0.1) is 29.4 Å². The van der Waals surface area contributed by atoms with Gasteiger partial charge in [-0.1, -0.05) is 31.7 Å². The van der Waals surface area contributed by atoms with Crippen LogP contribution >= 0.6 is 0 Å². The molecule has 0 saturated heterocycles. The molecule has 1 aromatic rings. The molecule has 21 heavy (non-hydrogen) atoms. The Bertz CT molecular complexity index is 492. The number of nitrogens with two attached hydrogens (primary N) is 1. The van der Waals surface area contributed by atoms with E-state index in [-0.39, 0.29) is 6.04 Å². The molecule has 0 heterocycles. The number of rotatable bonds is 3. The van der Waals surface area contributed by atoms with Crippen molar-refractivity contribution in [3.63, 3.8) is 0 Å². The predicted octanol–water partition coefficient (Wildman–Crippen LogP) is 4.08. The van der Waals surface area contributed by atoms with Crippen LogP contribution in [0.5, 0.6) is 0 Å². The molecular formula is C17H24F2N2. The quantitative estimate of drug-likeness (QED) is 0.651. The number of halogens is 2. The van der Waals surface area contributed by atoms with Gasteiger partial charge in [0.1, 0.15) is 11.6 Å². The van der Waals surface area contributed by atoms with Crippen LogP contribution in [0.2, 0.25) is 0 Å². The Balaban J connectivity index is 1.77. The normalized spacial score (nSPS) is 30.7. The van der Waals surface area contributed by atoms with Gasteiger partial charge in [0.05, 0.1) is 6.04 Å². The minimum Gasteiger partial charge on any atom is -0.271 e. The molecule has 2 aliphatic carbocycles. The Kier molecular flexibility index (Phi) is 4.55. The second kappa shape index (κ2) is 6.41. The second-order valence-electron chi connectivity index (χ2n) is 6.69. The first-order valence-corrected chi connectivity index (χ1v) is 8.10. The average molecular weight is 294 g/mol. The van der Waals surface area contributed by atoms with Gasteiger partial charge in [0.15, 0.2) is 0 Å². The largest absolute Gasteiger partial charge is 0.271 e. The van der Waals surface area contributed by atoms with E-state index in [9.17, 15) is 8.78 Å². The van der Waals surface area contributed by atoms with Crippen molar-refractivity contribution in [1.29, 1.82) is 0 Å². The van der Waals surface area contributed by atoms with Gasteiger partial charge in [0.2, 0.25) is 0 Å². The molecule has 0 aromatic heterocycles. The van der Waals surface area contributed by atoms with Gasteiger partial charge in [-0.25, -0.2) is 8.78 Å². The lowest BCUT2D eigenvalue weighted by molar-refractivity contribution is 0.108. The summed E-state index contributed by atoms with van der Waals surface area (Å²) in [6, 6.07) is 3.58. The molecule has 4 heteroatoms. The molecule has 0 bridgehead atoms. The minimum atomic E-state index is -0.539. The van der Waals surface area contributed by atoms with Crippen molar-refractivity contribution >= 4 is 0 Å². The lowest BCUT2D eigenvalue weighted by atomic mass is 9.65. The highest BCUT2D eigenvalue weighted by molar-refractivity contribution is 5.23. The summed E-state index contributed by atoms with van der Waals surface area (Å²) in [5.74, 6) is 6.62. The Morgan fingerprint density at radius 2 is 1.81 bits per heavy atom. The van der Waals surface area contributed by atoms with E-state index in [2.05, 4.69) is 5.43 Å². The van der Waals surface area contributed by atoms with Gasteiger partial charge in [-0.15, -0.1) is 0 Å². The molecular weight excluding hydrogens is 270 g/mol. The second-order valence-corrected chi connectivity index (χ2v) is 6.69. The van der Waals surface area contributed by atoms with Crippen LogP contribution in [0.1, 0.15) is 56.6 Å². The number of hydrazine groups is 1. The molecule has 4 unspecified atom stereocenters. The van der Waals surface area contributed by atoms with Crippen molar-refractivity contribution < 1.29 is 8.78 Å². The smallest absolute Gasteiger partial charge is 0.130 e. The summed E-state index contributed by atoms with van der Waals surface area (Å²) >= 11 is 0. The molecule has 4 atom stereocenters. The lowest BCUT2D eigenvalue weighted by Gasteiger charge is -2.42. The zero-order chi connectivity index (χ0) is 14.8. The summed E-state index contributed by atoms with van der Waals surface area (Å²) < 4.78 is 27.1. The Morgan fingerprint density at radius 3 is 2.52 bits per heavy atom. The van der Waals surface area contributed by atoms with E-state index in [0.717, 1.165) is 30.7 Å². The summed E-state index contributed by atoms with van der Waals surface area (Å²) in [7, 11) is 0. The molecule has 3 rings (SSSR count). The molecule has 1 aromatic carbocycles. The summed E-state index contributed by atoms with van der Waals surface area (Å²) in [5, 5.41) is 0. The molecule has 2 nitrogen and oxygen atoms in total. The topological polar surface area (TPSA) is 38.0 Å². The van der Waals surface area contributed by atoms with Gasteiger partial charge in [0.25, 0.3) is 0 Å². The van der Waals surface area contributed by atoms with E-state index in [1.54, 1.807) is 0 Å². The van der Waals surface area contributed by atoms with Crippen LogP contribution in [0.25, 0.3) is 0 Å². The number of nitrogens with one attached hydrogen (secondary N) is 1. The first kappa shape index (κ1) is 14.9. The molecule has 0 radical (unpaired) electrons. The first-order chi connectivity index (χ1) is 10.2. The lowest BCUT2D eigenvalue weighted by Crippen LogP contribution is -2.38. The van der Waals surface area contributed by atoms with Gasteiger partial charge in [-0.3, -0.25) is 11.3 Å². The van der Waals surface area contributed by atoms with Crippen molar-refractivity contribution in [2.75, 3.05) is 0 Å². The van der Waals surface area contributed by atoms with Gasteiger partial charge < -0.3 is 0 Å². The van der Waals surface area contributed by atoms with Crippen LogP contribution in [-0.2, 0) is 0 Å². The Hall–Kier alpha value is -1.00. The summed E-state index contributed by atoms with van der Waals surface area (Å²) in [6.07, 6.45) is 8.73. The fraction of sp³-hybridized carbons (Fsp3) is 0.647. The fourth-order valence-electron chi connectivity index (χ4n) is 4.45. The SMILES string of the molecule is NNC(c1ccc(F)cc1F)C1CCC2CCCCC2C1. The molecule has 0 aliphatic heterocycles. The maximum absolute atomic E-state index is 14.0. The molecule has 0 spiro atoms. The monoisotopic (exact) mass is 294 g/mol. The van der Waals surface area contributed by atoms with Gasteiger partial charge in [-0.2, -0.15) is 0 Å². The maximum Gasteiger partial charge on any atom is 0.130 e. The summed E-state index contributed by atoms with van der Waals surface area (Å²) in [5.41, 5.74) is 3.28. The van der Waals surface area contributed by atoms with E-state index in [0.29, 0.717) is 11.5 Å². The highest BCUT2D eigenvalue weighted by atomic mass is 19.1. The van der Waals surface area contributed by atoms with E-state index in [1.165, 1.54) is 44.2 Å². The van der Waals surface area contributed by atoms with Crippen LogP contribution < -0.4 is 11.3 Å². The van der Waals surface area contributed by atoms with Crippen molar-refractivity contribution in [1.82, 2.24) is 5.43 Å². The zero-order valence-electron chi connectivity index (χ0n) is 12.3. The first-order valence-electron chi connectivity index (χ1n) is 8.10. The van der Waals surface area contributed by atoms with Crippen LogP contribution in [0.3, 0.4) is 0 Å². The highest BCUT2D eigenvalue weighted by Gasteiger charge is 2.36. The number of hydrogen-bond donors (Lipinski definition) is 2. The summed E-state index contributed by atoms with van der Waals surface area (Å²) in [4.78, 5) is 0.